The van der Waals surface area contributed by atoms with Crippen LogP contribution in [-0.2, 0) is 30.8 Å². The first-order chi connectivity index (χ1) is 23.2. The standard InChI is InChI=1S/C45H52Si.2CH3.Hf/c1-9-10-11-12-27-46(8,38-28-34-15-13-17-40(42(34)30-38)32-19-23-36(24-20-32)44(2,3)4)39-29-35-16-14-18-41(43(35)31-39)33-21-25-37(26-22-33)45(5,6)7;;;/h13-26,28-31H,9-12,27H2,1-8H3;2*1H3;. The molecule has 2 heteroatoms. The molecule has 254 valence electrons. The summed E-state index contributed by atoms with van der Waals surface area (Å²) in [7, 11) is -1.97. The molecule has 0 bridgehead atoms. The molecule has 2 unspecified atom stereocenters. The minimum atomic E-state index is -3.10. The van der Waals surface area contributed by atoms with Gasteiger partial charge in [-0.2, -0.15) is 0 Å². The van der Waals surface area contributed by atoms with Crippen molar-refractivity contribution in [3.63, 3.8) is 0 Å². The van der Waals surface area contributed by atoms with E-state index in [9.17, 15) is 0 Å². The molecule has 0 amide bonds. The Kier molecular flexibility index (Phi) is 8.96. The average molecular weight is 830 g/mol. The normalized spacial score (nSPS) is 22.2. The summed E-state index contributed by atoms with van der Waals surface area (Å²) in [4.78, 5) is 0. The van der Waals surface area contributed by atoms with Gasteiger partial charge in [0, 0.05) is 0 Å². The van der Waals surface area contributed by atoms with Crippen molar-refractivity contribution in [3.05, 3.63) is 129 Å². The second kappa shape index (κ2) is 12.6. The van der Waals surface area contributed by atoms with Crippen molar-refractivity contribution in [2.75, 3.05) is 0 Å². The zero-order chi connectivity index (χ0) is 34.9. The zero-order valence-electron chi connectivity index (χ0n) is 31.9. The molecule has 2 aliphatic carbocycles. The number of unbranched alkanes of at least 4 members (excludes halogenated alkanes) is 3. The number of rotatable bonds is 7. The number of hydrogen-bond donors (Lipinski definition) is 0. The van der Waals surface area contributed by atoms with Gasteiger partial charge in [-0.05, 0) is 0 Å². The minimum absolute atomic E-state index is 0.163. The molecule has 0 aromatic heterocycles. The molecule has 1 saturated heterocycles. The molecule has 7 rings (SSSR count). The van der Waals surface area contributed by atoms with Crippen LogP contribution in [0.4, 0.5) is 0 Å². The van der Waals surface area contributed by atoms with Gasteiger partial charge in [-0.15, -0.1) is 0 Å². The quantitative estimate of drug-likeness (QED) is 0.129. The molecule has 3 aliphatic rings. The van der Waals surface area contributed by atoms with Gasteiger partial charge in [0.15, 0.2) is 0 Å². The van der Waals surface area contributed by atoms with Gasteiger partial charge in [0.25, 0.3) is 0 Å². The number of fused-ring (bicyclic) bond motifs is 6. The monoisotopic (exact) mass is 830 g/mol. The molecular formula is C47H58HfSi. The Balaban J connectivity index is 1.38. The zero-order valence-corrected chi connectivity index (χ0v) is 36.5. The third-order valence-electron chi connectivity index (χ3n) is 12.5. The van der Waals surface area contributed by atoms with Gasteiger partial charge < -0.3 is 0 Å². The van der Waals surface area contributed by atoms with Crippen molar-refractivity contribution in [2.24, 2.45) is 0 Å². The first kappa shape index (κ1) is 34.9. The third kappa shape index (κ3) is 5.91. The summed E-state index contributed by atoms with van der Waals surface area (Å²) in [5.41, 5.74) is 15.2. The number of allylic oxidation sites excluding steroid dienone is 2. The Labute approximate surface area is 303 Å². The van der Waals surface area contributed by atoms with Crippen LogP contribution in [0.5, 0.6) is 0 Å². The molecule has 49 heavy (non-hydrogen) atoms. The van der Waals surface area contributed by atoms with E-state index in [1.807, 2.05) is 10.4 Å². The molecule has 4 aromatic carbocycles. The van der Waals surface area contributed by atoms with Crippen molar-refractivity contribution in [3.8, 4) is 22.3 Å². The Morgan fingerprint density at radius 3 is 1.39 bits per heavy atom. The van der Waals surface area contributed by atoms with Crippen molar-refractivity contribution >= 4 is 20.2 Å². The molecule has 1 heterocycles. The van der Waals surface area contributed by atoms with Gasteiger partial charge in [-0.1, -0.05) is 0 Å². The van der Waals surface area contributed by atoms with Gasteiger partial charge in [0.1, 0.15) is 0 Å². The van der Waals surface area contributed by atoms with E-state index in [0.717, 1.165) is 0 Å². The van der Waals surface area contributed by atoms with Crippen molar-refractivity contribution < 1.29 is 20.0 Å². The first-order valence-corrected chi connectivity index (χ1v) is 33.1. The predicted octanol–water partition coefficient (Wildman–Crippen LogP) is 14.2. The SMILES string of the molecule is CCCCCC[Si]1(C)C2=Cc3c(-c4ccc(C(C)(C)C)cc4)cccc3[CH]2[Hf]([CH3])([CH3])[CH]2C1=Cc1c(-c3ccc(C(C)(C)C)cc3)cccc12. The molecular weight excluding hydrogens is 771 g/mol. The van der Waals surface area contributed by atoms with E-state index in [-0.39, 0.29) is 10.8 Å². The summed E-state index contributed by atoms with van der Waals surface area (Å²) in [5.74, 6) is 0. The first-order valence-electron chi connectivity index (χ1n) is 19.1. The Hall–Kier alpha value is -2.55. The molecule has 1 aliphatic heterocycles. The summed E-state index contributed by atoms with van der Waals surface area (Å²) in [6, 6.07) is 35.0. The Bertz CT molecular complexity index is 1810. The van der Waals surface area contributed by atoms with Crippen LogP contribution in [0.25, 0.3) is 34.4 Å². The average Bonchev–Trinajstić information content (AvgIpc) is 3.67. The van der Waals surface area contributed by atoms with E-state index >= 15 is 0 Å². The summed E-state index contributed by atoms with van der Waals surface area (Å²) in [6.07, 6.45) is 10.9. The van der Waals surface area contributed by atoms with E-state index in [4.69, 9.17) is 0 Å². The predicted molar refractivity (Wildman–Crippen MR) is 215 cm³/mol. The molecule has 0 nitrogen and oxygen atoms in total. The van der Waals surface area contributed by atoms with Gasteiger partial charge in [0.05, 0.1) is 0 Å². The van der Waals surface area contributed by atoms with E-state index in [1.165, 1.54) is 65.1 Å². The van der Waals surface area contributed by atoms with Gasteiger partial charge in [0.2, 0.25) is 0 Å². The Morgan fingerprint density at radius 1 is 0.571 bits per heavy atom. The second-order valence-electron chi connectivity index (χ2n) is 18.3. The van der Waals surface area contributed by atoms with Crippen molar-refractivity contribution in [1.82, 2.24) is 0 Å². The van der Waals surface area contributed by atoms with E-state index in [0.29, 0.717) is 7.35 Å². The fourth-order valence-corrected chi connectivity index (χ4v) is 42.2. The summed E-state index contributed by atoms with van der Waals surface area (Å²) in [5, 5.41) is 3.77. The van der Waals surface area contributed by atoms with Crippen LogP contribution in [0, 0.1) is 0 Å². The van der Waals surface area contributed by atoms with Crippen LogP contribution >= 0.6 is 0 Å². The van der Waals surface area contributed by atoms with Crippen LogP contribution in [0.3, 0.4) is 0 Å². The summed E-state index contributed by atoms with van der Waals surface area (Å²) >= 11 is -3.10. The summed E-state index contributed by atoms with van der Waals surface area (Å²) < 4.78 is 6.97. The molecule has 0 saturated carbocycles. The molecule has 0 spiro atoms. The van der Waals surface area contributed by atoms with Crippen molar-refractivity contribution in [2.45, 2.75) is 114 Å². The van der Waals surface area contributed by atoms with E-state index in [1.54, 1.807) is 22.3 Å². The van der Waals surface area contributed by atoms with E-state index in [2.05, 4.69) is 161 Å². The molecule has 4 aromatic rings. The fraction of sp³-hybridized carbons (Fsp3) is 0.404. The van der Waals surface area contributed by atoms with Crippen LogP contribution in [0.2, 0.25) is 22.0 Å². The molecule has 0 N–H and O–H groups in total. The maximum atomic E-state index is 2.81. The van der Waals surface area contributed by atoms with Gasteiger partial charge in [-0.25, -0.2) is 0 Å². The van der Waals surface area contributed by atoms with Crippen LogP contribution < -0.4 is 0 Å². The van der Waals surface area contributed by atoms with Crippen LogP contribution in [-0.4, -0.2) is 8.07 Å². The topological polar surface area (TPSA) is 0 Å². The van der Waals surface area contributed by atoms with Crippen LogP contribution in [0.1, 0.15) is 115 Å². The number of hydrogen-bond acceptors (Lipinski definition) is 0. The van der Waals surface area contributed by atoms with E-state index < -0.39 is 28.0 Å². The van der Waals surface area contributed by atoms with Crippen LogP contribution in [0.15, 0.2) is 95.3 Å². The van der Waals surface area contributed by atoms with Gasteiger partial charge in [-0.3, -0.25) is 0 Å². The summed E-state index contributed by atoms with van der Waals surface area (Å²) in [6.45, 7) is 19.0. The molecule has 0 radical (unpaired) electrons. The van der Waals surface area contributed by atoms with Crippen molar-refractivity contribution in [1.29, 1.82) is 0 Å². The molecule has 2 atom stereocenters. The Morgan fingerprint density at radius 2 is 1.00 bits per heavy atom. The maximum absolute atomic E-state index is 3.10. The molecule has 1 fully saturated rings. The second-order valence-corrected chi connectivity index (χ2v) is 39.9. The third-order valence-corrected chi connectivity index (χ3v) is 34.5. The van der Waals surface area contributed by atoms with Gasteiger partial charge >= 0.3 is 305 Å². The number of benzene rings is 4. The fourth-order valence-electron chi connectivity index (χ4n) is 9.69.